The van der Waals surface area contributed by atoms with E-state index in [9.17, 15) is 4.79 Å². The minimum Gasteiger partial charge on any atom is -0.467 e. The summed E-state index contributed by atoms with van der Waals surface area (Å²) < 4.78 is 5.61. The van der Waals surface area contributed by atoms with E-state index in [1.807, 2.05) is 31.2 Å². The Bertz CT molecular complexity index is 782. The molecule has 3 rings (SSSR count). The Kier molecular flexibility index (Phi) is 3.20. The number of H-pyrrole nitrogens is 2. The maximum atomic E-state index is 11.3. The van der Waals surface area contributed by atoms with E-state index >= 15 is 0 Å². The molecule has 0 radical (unpaired) electrons. The fraction of sp³-hybridized carbons (Fsp3) is 0.267. The van der Waals surface area contributed by atoms with E-state index in [-0.39, 0.29) is 11.7 Å². The minimum atomic E-state index is -0.189. The fourth-order valence-electron chi connectivity index (χ4n) is 2.48. The molecular weight excluding hydrogens is 254 g/mol. The minimum absolute atomic E-state index is 0.0159. The van der Waals surface area contributed by atoms with E-state index in [4.69, 9.17) is 4.42 Å². The van der Waals surface area contributed by atoms with Crippen LogP contribution in [0.4, 0.5) is 0 Å². The first-order chi connectivity index (χ1) is 9.69. The number of hydrogen-bond donors (Lipinski definition) is 3. The zero-order valence-corrected chi connectivity index (χ0v) is 11.5. The van der Waals surface area contributed by atoms with Gasteiger partial charge in [-0.2, -0.15) is 0 Å². The van der Waals surface area contributed by atoms with Gasteiger partial charge in [0.15, 0.2) is 0 Å². The van der Waals surface area contributed by atoms with Gasteiger partial charge in [0.2, 0.25) is 0 Å². The van der Waals surface area contributed by atoms with Crippen molar-refractivity contribution >= 4 is 11.0 Å². The molecule has 3 N–H and O–H groups in total. The second-order valence-electron chi connectivity index (χ2n) is 4.84. The van der Waals surface area contributed by atoms with Crippen molar-refractivity contribution in [3.63, 3.8) is 0 Å². The van der Waals surface area contributed by atoms with Crippen molar-refractivity contribution in [3.05, 3.63) is 57.9 Å². The molecule has 2 aromatic heterocycles. The van der Waals surface area contributed by atoms with Crippen LogP contribution in [-0.2, 0) is 0 Å². The Balaban J connectivity index is 2.09. The molecule has 0 fully saturated rings. The molecule has 0 bridgehead atoms. The highest BCUT2D eigenvalue weighted by atomic mass is 16.3. The number of aryl methyl sites for hydroxylation is 1. The summed E-state index contributed by atoms with van der Waals surface area (Å²) in [5.41, 5.74) is 3.60. The van der Waals surface area contributed by atoms with E-state index in [1.165, 1.54) is 0 Å². The Labute approximate surface area is 116 Å². The first kappa shape index (κ1) is 12.7. The molecule has 1 aromatic carbocycles. The quantitative estimate of drug-likeness (QED) is 0.682. The van der Waals surface area contributed by atoms with Crippen LogP contribution in [-0.4, -0.2) is 16.5 Å². The highest BCUT2D eigenvalue weighted by Crippen LogP contribution is 2.27. The lowest BCUT2D eigenvalue weighted by Crippen LogP contribution is -2.22. The Morgan fingerprint density at radius 1 is 1.25 bits per heavy atom. The third-order valence-corrected chi connectivity index (χ3v) is 3.45. The molecule has 0 saturated heterocycles. The van der Waals surface area contributed by atoms with E-state index in [0.29, 0.717) is 0 Å². The highest BCUT2D eigenvalue weighted by molar-refractivity contribution is 5.75. The predicted octanol–water partition coefficient (Wildman–Crippen LogP) is 2.46. The number of benzene rings is 1. The predicted molar refractivity (Wildman–Crippen MR) is 77.9 cm³/mol. The van der Waals surface area contributed by atoms with Gasteiger partial charge in [0.25, 0.3) is 0 Å². The maximum Gasteiger partial charge on any atom is 0.323 e. The van der Waals surface area contributed by atoms with Crippen molar-refractivity contribution < 1.29 is 4.42 Å². The van der Waals surface area contributed by atoms with Crippen LogP contribution in [0, 0.1) is 6.92 Å². The molecule has 5 heteroatoms. The summed E-state index contributed by atoms with van der Waals surface area (Å²) in [5, 5.41) is 3.42. The van der Waals surface area contributed by atoms with Gasteiger partial charge in [0.05, 0.1) is 23.3 Å². The first-order valence-corrected chi connectivity index (χ1v) is 6.68. The molecule has 5 nitrogen and oxygen atoms in total. The summed E-state index contributed by atoms with van der Waals surface area (Å²) in [6.07, 6.45) is 1.70. The van der Waals surface area contributed by atoms with E-state index in [0.717, 1.165) is 34.5 Å². The Hall–Kier alpha value is -2.27. The van der Waals surface area contributed by atoms with E-state index in [2.05, 4.69) is 22.2 Å². The van der Waals surface area contributed by atoms with Gasteiger partial charge < -0.3 is 19.7 Å². The SMILES string of the molecule is CCNC(c1ccc2[nH]c(=O)[nH]c2c1)c1occc1C. The number of rotatable bonds is 4. The largest absolute Gasteiger partial charge is 0.467 e. The third kappa shape index (κ3) is 2.16. The van der Waals surface area contributed by atoms with Gasteiger partial charge in [-0.05, 0) is 42.8 Å². The van der Waals surface area contributed by atoms with Crippen molar-refractivity contribution in [3.8, 4) is 0 Å². The second kappa shape index (κ2) is 5.02. The van der Waals surface area contributed by atoms with Gasteiger partial charge in [0.1, 0.15) is 5.76 Å². The lowest BCUT2D eigenvalue weighted by Gasteiger charge is -2.17. The summed E-state index contributed by atoms with van der Waals surface area (Å²) in [6, 6.07) is 7.82. The molecule has 0 saturated carbocycles. The molecule has 1 atom stereocenters. The van der Waals surface area contributed by atoms with Crippen molar-refractivity contribution in [1.82, 2.24) is 15.3 Å². The number of nitrogens with one attached hydrogen (secondary N) is 3. The number of imidazole rings is 1. The van der Waals surface area contributed by atoms with Gasteiger partial charge in [-0.25, -0.2) is 4.79 Å². The van der Waals surface area contributed by atoms with Gasteiger partial charge in [0, 0.05) is 0 Å². The van der Waals surface area contributed by atoms with Crippen molar-refractivity contribution in [2.75, 3.05) is 6.54 Å². The number of aromatic amines is 2. The molecule has 1 unspecified atom stereocenters. The van der Waals surface area contributed by atoms with Crippen molar-refractivity contribution in [2.45, 2.75) is 19.9 Å². The molecule has 0 aliphatic heterocycles. The van der Waals surface area contributed by atoms with Gasteiger partial charge in [-0.15, -0.1) is 0 Å². The summed E-state index contributed by atoms with van der Waals surface area (Å²) in [6.45, 7) is 4.91. The first-order valence-electron chi connectivity index (χ1n) is 6.68. The molecular formula is C15H17N3O2. The second-order valence-corrected chi connectivity index (χ2v) is 4.84. The number of hydrogen-bond acceptors (Lipinski definition) is 3. The Morgan fingerprint density at radius 2 is 2.05 bits per heavy atom. The lowest BCUT2D eigenvalue weighted by molar-refractivity contribution is 0.449. The van der Waals surface area contributed by atoms with Crippen molar-refractivity contribution in [2.24, 2.45) is 0 Å². The molecule has 0 aliphatic carbocycles. The zero-order valence-electron chi connectivity index (χ0n) is 11.5. The standard InChI is InChI=1S/C15H17N3O2/c1-3-16-13(14-9(2)6-7-20-14)10-4-5-11-12(8-10)18-15(19)17-11/h4-8,13,16H,3H2,1-2H3,(H2,17,18,19). The molecule has 3 aromatic rings. The van der Waals surface area contributed by atoms with E-state index in [1.54, 1.807) is 6.26 Å². The maximum absolute atomic E-state index is 11.3. The molecule has 20 heavy (non-hydrogen) atoms. The molecule has 0 spiro atoms. The lowest BCUT2D eigenvalue weighted by atomic mass is 10.0. The van der Waals surface area contributed by atoms with Gasteiger partial charge >= 0.3 is 5.69 Å². The fourth-order valence-corrected chi connectivity index (χ4v) is 2.48. The molecule has 2 heterocycles. The number of fused-ring (bicyclic) bond motifs is 1. The van der Waals surface area contributed by atoms with Crippen LogP contribution in [0.1, 0.15) is 29.9 Å². The third-order valence-electron chi connectivity index (χ3n) is 3.45. The summed E-state index contributed by atoms with van der Waals surface area (Å²) in [5.74, 6) is 0.907. The van der Waals surface area contributed by atoms with Crippen LogP contribution in [0.2, 0.25) is 0 Å². The van der Waals surface area contributed by atoms with Crippen molar-refractivity contribution in [1.29, 1.82) is 0 Å². The number of aromatic nitrogens is 2. The molecule has 0 aliphatic rings. The molecule has 104 valence electrons. The van der Waals surface area contributed by atoms with Crippen LogP contribution < -0.4 is 11.0 Å². The summed E-state index contributed by atoms with van der Waals surface area (Å²) in [4.78, 5) is 16.9. The topological polar surface area (TPSA) is 73.8 Å². The van der Waals surface area contributed by atoms with Gasteiger partial charge in [-0.3, -0.25) is 0 Å². The average molecular weight is 271 g/mol. The normalized spacial score (nSPS) is 12.9. The monoisotopic (exact) mass is 271 g/mol. The van der Waals surface area contributed by atoms with Crippen LogP contribution in [0.15, 0.2) is 39.7 Å². The zero-order chi connectivity index (χ0) is 14.1. The van der Waals surface area contributed by atoms with Crippen LogP contribution in [0.5, 0.6) is 0 Å². The summed E-state index contributed by atoms with van der Waals surface area (Å²) in [7, 11) is 0. The van der Waals surface area contributed by atoms with E-state index < -0.39 is 0 Å². The smallest absolute Gasteiger partial charge is 0.323 e. The number of furan rings is 1. The molecule has 0 amide bonds. The van der Waals surface area contributed by atoms with Crippen LogP contribution in [0.25, 0.3) is 11.0 Å². The highest BCUT2D eigenvalue weighted by Gasteiger charge is 2.18. The summed E-state index contributed by atoms with van der Waals surface area (Å²) >= 11 is 0. The van der Waals surface area contributed by atoms with Crippen LogP contribution in [0.3, 0.4) is 0 Å². The average Bonchev–Trinajstić information content (AvgIpc) is 3.00. The Morgan fingerprint density at radius 3 is 2.75 bits per heavy atom. The van der Waals surface area contributed by atoms with Crippen LogP contribution >= 0.6 is 0 Å². The van der Waals surface area contributed by atoms with Gasteiger partial charge in [-0.1, -0.05) is 13.0 Å².